The number of methoxy groups -OCH3 is 2. The first kappa shape index (κ1) is 18.8. The minimum atomic E-state index is -0.183. The molecule has 0 saturated heterocycles. The lowest BCUT2D eigenvalue weighted by atomic mass is 10.1. The lowest BCUT2D eigenvalue weighted by Gasteiger charge is -2.33. The molecular weight excluding hydrogens is 372 g/mol. The molecule has 2 aromatic rings. The first-order valence-electron chi connectivity index (χ1n) is 9.26. The average molecular weight is 394 g/mol. The van der Waals surface area contributed by atoms with Crippen LogP contribution in [0.25, 0.3) is 0 Å². The molecule has 2 aliphatic rings. The van der Waals surface area contributed by atoms with Gasteiger partial charge in [0.1, 0.15) is 0 Å². The standard InChI is InChI=1S/C21H22N4O4/c1-24-20(27)15-12-14(5-6-16(15)25-9-8-22-21(24)25)23-19(26)11-13-4-7-17(28-2)18(10-13)29-3/h4-7,10,12H,8-9,11H2,1-3H3,(H,23,26). The molecule has 8 heteroatoms. The molecule has 150 valence electrons. The lowest BCUT2D eigenvalue weighted by Crippen LogP contribution is -2.48. The van der Waals surface area contributed by atoms with Gasteiger partial charge in [0.25, 0.3) is 5.91 Å². The quantitative estimate of drug-likeness (QED) is 0.840. The van der Waals surface area contributed by atoms with Crippen LogP contribution < -0.4 is 19.7 Å². The van der Waals surface area contributed by atoms with E-state index in [1.54, 1.807) is 50.4 Å². The molecular formula is C21H22N4O4. The normalized spacial score (nSPS) is 14.9. The van der Waals surface area contributed by atoms with Gasteiger partial charge < -0.3 is 19.7 Å². The van der Waals surface area contributed by atoms with Crippen molar-refractivity contribution in [3.8, 4) is 11.5 Å². The molecule has 0 aromatic heterocycles. The van der Waals surface area contributed by atoms with Crippen LogP contribution in [0.3, 0.4) is 0 Å². The number of hydrogen-bond acceptors (Lipinski definition) is 6. The summed E-state index contributed by atoms with van der Waals surface area (Å²) in [5.74, 6) is 1.54. The van der Waals surface area contributed by atoms with E-state index in [0.29, 0.717) is 35.3 Å². The van der Waals surface area contributed by atoms with E-state index in [9.17, 15) is 9.59 Å². The second kappa shape index (κ2) is 7.46. The highest BCUT2D eigenvalue weighted by atomic mass is 16.5. The first-order chi connectivity index (χ1) is 14.0. The van der Waals surface area contributed by atoms with E-state index in [1.807, 2.05) is 17.0 Å². The van der Waals surface area contributed by atoms with Gasteiger partial charge in [0.15, 0.2) is 11.5 Å². The number of anilines is 2. The maximum Gasteiger partial charge on any atom is 0.262 e. The second-order valence-corrected chi connectivity index (χ2v) is 6.84. The highest BCUT2D eigenvalue weighted by Gasteiger charge is 2.35. The number of benzene rings is 2. The van der Waals surface area contributed by atoms with Gasteiger partial charge in [-0.3, -0.25) is 19.5 Å². The Labute approximate surface area is 168 Å². The predicted octanol–water partition coefficient (Wildman–Crippen LogP) is 2.15. The molecule has 0 spiro atoms. The van der Waals surface area contributed by atoms with Crippen LogP contribution in [0.15, 0.2) is 41.4 Å². The molecule has 2 heterocycles. The Hall–Kier alpha value is -3.55. The van der Waals surface area contributed by atoms with Crippen LogP contribution in [0.2, 0.25) is 0 Å². The molecule has 4 rings (SSSR count). The maximum absolute atomic E-state index is 12.7. The summed E-state index contributed by atoms with van der Waals surface area (Å²) in [6.07, 6.45) is 0.175. The van der Waals surface area contributed by atoms with Crippen molar-refractivity contribution in [2.45, 2.75) is 6.42 Å². The molecule has 0 fully saturated rings. The Balaban J connectivity index is 1.51. The van der Waals surface area contributed by atoms with Crippen molar-refractivity contribution in [3.05, 3.63) is 47.5 Å². The van der Waals surface area contributed by atoms with Gasteiger partial charge in [0, 0.05) is 19.3 Å². The molecule has 0 aliphatic carbocycles. The molecule has 0 bridgehead atoms. The monoisotopic (exact) mass is 394 g/mol. The summed E-state index contributed by atoms with van der Waals surface area (Å²) in [7, 11) is 4.83. The van der Waals surface area contributed by atoms with Crippen LogP contribution in [0.1, 0.15) is 15.9 Å². The highest BCUT2D eigenvalue weighted by Crippen LogP contribution is 2.32. The van der Waals surface area contributed by atoms with E-state index < -0.39 is 0 Å². The predicted molar refractivity (Wildman–Crippen MR) is 110 cm³/mol. The summed E-state index contributed by atoms with van der Waals surface area (Å²) in [4.78, 5) is 33.2. The second-order valence-electron chi connectivity index (χ2n) is 6.84. The van der Waals surface area contributed by atoms with Gasteiger partial charge >= 0.3 is 0 Å². The summed E-state index contributed by atoms with van der Waals surface area (Å²) < 4.78 is 10.5. The minimum absolute atomic E-state index is 0.132. The van der Waals surface area contributed by atoms with Crippen LogP contribution in [0.4, 0.5) is 11.4 Å². The Morgan fingerprint density at radius 1 is 1.14 bits per heavy atom. The van der Waals surface area contributed by atoms with Gasteiger partial charge in [-0.25, -0.2) is 0 Å². The third-order valence-corrected chi connectivity index (χ3v) is 5.04. The van der Waals surface area contributed by atoms with Crippen LogP contribution >= 0.6 is 0 Å². The molecule has 29 heavy (non-hydrogen) atoms. The first-order valence-corrected chi connectivity index (χ1v) is 9.26. The van der Waals surface area contributed by atoms with Gasteiger partial charge in [0.05, 0.1) is 38.4 Å². The van der Waals surface area contributed by atoms with Crippen molar-refractivity contribution in [1.29, 1.82) is 0 Å². The smallest absolute Gasteiger partial charge is 0.262 e. The van der Waals surface area contributed by atoms with Crippen LogP contribution in [-0.2, 0) is 11.2 Å². The molecule has 1 N–H and O–H groups in total. The molecule has 0 unspecified atom stereocenters. The summed E-state index contributed by atoms with van der Waals surface area (Å²) in [5, 5.41) is 2.87. The average Bonchev–Trinajstić information content (AvgIpc) is 3.22. The summed E-state index contributed by atoms with van der Waals surface area (Å²) in [5.41, 5.74) is 2.75. The minimum Gasteiger partial charge on any atom is -0.493 e. The molecule has 2 aliphatic heterocycles. The number of guanidine groups is 1. The van der Waals surface area contributed by atoms with Crippen molar-refractivity contribution in [2.75, 3.05) is 44.6 Å². The van der Waals surface area contributed by atoms with E-state index >= 15 is 0 Å². The van der Waals surface area contributed by atoms with E-state index in [-0.39, 0.29) is 18.2 Å². The zero-order chi connectivity index (χ0) is 20.5. The van der Waals surface area contributed by atoms with Crippen molar-refractivity contribution in [2.24, 2.45) is 4.99 Å². The number of nitrogens with zero attached hydrogens (tertiary/aromatic N) is 3. The fourth-order valence-electron chi connectivity index (χ4n) is 3.62. The SMILES string of the molecule is COc1ccc(CC(=O)Nc2ccc3c(c2)C(=O)N(C)C2=NCCN23)cc1OC. The van der Waals surface area contributed by atoms with E-state index in [2.05, 4.69) is 10.3 Å². The Kier molecular flexibility index (Phi) is 4.84. The number of ether oxygens (including phenoxy) is 2. The zero-order valence-corrected chi connectivity index (χ0v) is 16.6. The number of aliphatic imine (C=N–C) groups is 1. The molecule has 2 aromatic carbocycles. The third kappa shape index (κ3) is 3.37. The van der Waals surface area contributed by atoms with Gasteiger partial charge in [-0.1, -0.05) is 6.07 Å². The Morgan fingerprint density at radius 2 is 1.93 bits per heavy atom. The van der Waals surface area contributed by atoms with Crippen molar-refractivity contribution in [3.63, 3.8) is 0 Å². The number of nitrogens with one attached hydrogen (secondary N) is 1. The number of fused-ring (bicyclic) bond motifs is 3. The Bertz CT molecular complexity index is 1020. The van der Waals surface area contributed by atoms with E-state index in [0.717, 1.165) is 17.8 Å². The summed E-state index contributed by atoms with van der Waals surface area (Å²) >= 11 is 0. The lowest BCUT2D eigenvalue weighted by molar-refractivity contribution is -0.115. The fourth-order valence-corrected chi connectivity index (χ4v) is 3.62. The number of carbonyl (C=O) groups excluding carboxylic acids is 2. The van der Waals surface area contributed by atoms with Crippen LogP contribution in [0, 0.1) is 0 Å². The van der Waals surface area contributed by atoms with Crippen LogP contribution in [-0.4, -0.2) is 57.0 Å². The molecule has 0 atom stereocenters. The molecule has 2 amide bonds. The molecule has 0 saturated carbocycles. The number of rotatable bonds is 5. The van der Waals surface area contributed by atoms with Crippen LogP contribution in [0.5, 0.6) is 11.5 Å². The third-order valence-electron chi connectivity index (χ3n) is 5.04. The number of amides is 2. The Morgan fingerprint density at radius 3 is 2.69 bits per heavy atom. The maximum atomic E-state index is 12.7. The van der Waals surface area contributed by atoms with Gasteiger partial charge in [-0.15, -0.1) is 0 Å². The fraction of sp³-hybridized carbons (Fsp3) is 0.286. The number of carbonyl (C=O) groups is 2. The van der Waals surface area contributed by atoms with Gasteiger partial charge in [-0.2, -0.15) is 0 Å². The molecule has 0 radical (unpaired) electrons. The van der Waals surface area contributed by atoms with Gasteiger partial charge in [0.2, 0.25) is 11.9 Å². The highest BCUT2D eigenvalue weighted by molar-refractivity contribution is 6.19. The van der Waals surface area contributed by atoms with E-state index in [1.165, 1.54) is 0 Å². The summed E-state index contributed by atoms with van der Waals surface area (Å²) in [6, 6.07) is 10.7. The zero-order valence-electron chi connectivity index (χ0n) is 16.6. The largest absolute Gasteiger partial charge is 0.493 e. The van der Waals surface area contributed by atoms with Gasteiger partial charge in [-0.05, 0) is 35.9 Å². The topological polar surface area (TPSA) is 83.5 Å². The number of hydrogen-bond donors (Lipinski definition) is 1. The van der Waals surface area contributed by atoms with Crippen molar-refractivity contribution in [1.82, 2.24) is 4.90 Å². The summed E-state index contributed by atoms with van der Waals surface area (Å²) in [6.45, 7) is 1.40. The molecule has 8 nitrogen and oxygen atoms in total. The van der Waals surface area contributed by atoms with E-state index in [4.69, 9.17) is 9.47 Å². The van der Waals surface area contributed by atoms with Crippen molar-refractivity contribution < 1.29 is 19.1 Å². The van der Waals surface area contributed by atoms with Crippen molar-refractivity contribution >= 4 is 29.1 Å².